The molecule has 112 valence electrons. The van der Waals surface area contributed by atoms with Crippen molar-refractivity contribution in [3.05, 3.63) is 29.8 Å². The van der Waals surface area contributed by atoms with Crippen molar-refractivity contribution in [2.45, 2.75) is 40.2 Å². The van der Waals surface area contributed by atoms with Gasteiger partial charge in [-0.25, -0.2) is 4.99 Å². The zero-order chi connectivity index (χ0) is 14.8. The van der Waals surface area contributed by atoms with E-state index in [1.54, 1.807) is 0 Å². The Morgan fingerprint density at radius 2 is 2.20 bits per heavy atom. The van der Waals surface area contributed by atoms with E-state index in [2.05, 4.69) is 31.1 Å². The van der Waals surface area contributed by atoms with Crippen LogP contribution in [-0.2, 0) is 6.54 Å². The van der Waals surface area contributed by atoms with Crippen molar-refractivity contribution in [3.8, 4) is 5.75 Å². The molecule has 0 heterocycles. The Morgan fingerprint density at radius 3 is 2.90 bits per heavy atom. The van der Waals surface area contributed by atoms with Gasteiger partial charge in [0.05, 0.1) is 13.2 Å². The van der Waals surface area contributed by atoms with Gasteiger partial charge in [-0.05, 0) is 36.5 Å². The Balaban J connectivity index is 2.43. The predicted octanol–water partition coefficient (Wildman–Crippen LogP) is 2.93. The number of ether oxygens (including phenoxy) is 1. The van der Waals surface area contributed by atoms with Gasteiger partial charge in [0.15, 0.2) is 5.96 Å². The molecule has 1 rings (SSSR count). The van der Waals surface area contributed by atoms with Crippen molar-refractivity contribution < 1.29 is 4.74 Å². The Bertz CT molecular complexity index is 416. The topological polar surface area (TPSA) is 59.6 Å². The first-order chi connectivity index (χ1) is 9.61. The number of guanidine groups is 1. The summed E-state index contributed by atoms with van der Waals surface area (Å²) in [6.45, 7) is 8.66. The first-order valence-corrected chi connectivity index (χ1v) is 7.37. The van der Waals surface area contributed by atoms with Crippen LogP contribution < -0.4 is 15.8 Å². The highest BCUT2D eigenvalue weighted by Gasteiger charge is 1.98. The molecule has 0 fully saturated rings. The summed E-state index contributed by atoms with van der Waals surface area (Å²) in [5.74, 6) is 2.07. The molecule has 0 saturated heterocycles. The lowest BCUT2D eigenvalue weighted by Crippen LogP contribution is -2.32. The third-order valence-electron chi connectivity index (χ3n) is 2.83. The van der Waals surface area contributed by atoms with E-state index in [0.29, 0.717) is 18.4 Å². The maximum atomic E-state index is 5.83. The predicted molar refractivity (Wildman–Crippen MR) is 85.0 cm³/mol. The molecule has 0 unspecified atom stereocenters. The van der Waals surface area contributed by atoms with Crippen LogP contribution in [0.25, 0.3) is 0 Å². The molecular formula is C16H27N3O. The van der Waals surface area contributed by atoms with Gasteiger partial charge >= 0.3 is 0 Å². The van der Waals surface area contributed by atoms with Gasteiger partial charge in [0.1, 0.15) is 5.75 Å². The molecule has 0 aliphatic carbocycles. The fourth-order valence-corrected chi connectivity index (χ4v) is 1.67. The monoisotopic (exact) mass is 277 g/mol. The van der Waals surface area contributed by atoms with Gasteiger partial charge in [-0.15, -0.1) is 0 Å². The minimum atomic E-state index is 0.505. The van der Waals surface area contributed by atoms with Crippen LogP contribution in [0.15, 0.2) is 29.3 Å². The summed E-state index contributed by atoms with van der Waals surface area (Å²) >= 11 is 0. The van der Waals surface area contributed by atoms with Gasteiger partial charge < -0.3 is 15.8 Å². The number of rotatable bonds is 8. The second kappa shape index (κ2) is 9.23. The SMILES string of the molecule is CCCOc1cccc(CN=C(N)NCCC(C)C)c1. The Kier molecular flexibility index (Phi) is 7.55. The van der Waals surface area contributed by atoms with Crippen molar-refractivity contribution in [3.63, 3.8) is 0 Å². The standard InChI is InChI=1S/C16H27N3O/c1-4-10-20-15-7-5-6-14(11-15)12-19-16(17)18-9-8-13(2)3/h5-7,11,13H,4,8-10,12H2,1-3H3,(H3,17,18,19). The molecule has 0 aromatic heterocycles. The number of benzene rings is 1. The molecule has 4 nitrogen and oxygen atoms in total. The van der Waals surface area contributed by atoms with Crippen molar-refractivity contribution in [2.24, 2.45) is 16.6 Å². The van der Waals surface area contributed by atoms with Crippen LogP contribution >= 0.6 is 0 Å². The van der Waals surface area contributed by atoms with Gasteiger partial charge in [-0.3, -0.25) is 0 Å². The summed E-state index contributed by atoms with van der Waals surface area (Å²) in [6, 6.07) is 8.00. The van der Waals surface area contributed by atoms with Crippen LogP contribution in [0.5, 0.6) is 5.75 Å². The number of aliphatic imine (C=N–C) groups is 1. The number of hydrogen-bond acceptors (Lipinski definition) is 2. The third kappa shape index (κ3) is 7.02. The van der Waals surface area contributed by atoms with Crippen molar-refractivity contribution >= 4 is 5.96 Å². The second-order valence-electron chi connectivity index (χ2n) is 5.31. The maximum Gasteiger partial charge on any atom is 0.188 e. The fraction of sp³-hybridized carbons (Fsp3) is 0.562. The third-order valence-corrected chi connectivity index (χ3v) is 2.83. The molecule has 20 heavy (non-hydrogen) atoms. The zero-order valence-electron chi connectivity index (χ0n) is 12.9. The van der Waals surface area contributed by atoms with Gasteiger partial charge in [-0.1, -0.05) is 32.9 Å². The van der Waals surface area contributed by atoms with E-state index >= 15 is 0 Å². The first-order valence-electron chi connectivity index (χ1n) is 7.37. The number of nitrogens with two attached hydrogens (primary N) is 1. The average Bonchev–Trinajstić information content (AvgIpc) is 2.43. The molecule has 0 aliphatic rings. The summed E-state index contributed by atoms with van der Waals surface area (Å²) in [7, 11) is 0. The highest BCUT2D eigenvalue weighted by atomic mass is 16.5. The summed E-state index contributed by atoms with van der Waals surface area (Å²) < 4.78 is 5.60. The molecule has 1 aromatic carbocycles. The lowest BCUT2D eigenvalue weighted by molar-refractivity contribution is 0.317. The van der Waals surface area contributed by atoms with Crippen LogP contribution in [0, 0.1) is 5.92 Å². The van der Waals surface area contributed by atoms with E-state index in [1.807, 2.05) is 24.3 Å². The molecule has 1 aromatic rings. The van der Waals surface area contributed by atoms with Crippen molar-refractivity contribution in [2.75, 3.05) is 13.2 Å². The lowest BCUT2D eigenvalue weighted by atomic mass is 10.1. The summed E-state index contributed by atoms with van der Waals surface area (Å²) in [4.78, 5) is 4.34. The molecular weight excluding hydrogens is 250 g/mol. The van der Waals surface area contributed by atoms with Crippen LogP contribution in [0.2, 0.25) is 0 Å². The number of nitrogens with one attached hydrogen (secondary N) is 1. The molecule has 0 atom stereocenters. The van der Waals surface area contributed by atoms with E-state index in [-0.39, 0.29) is 0 Å². The highest BCUT2D eigenvalue weighted by Crippen LogP contribution is 2.14. The van der Waals surface area contributed by atoms with Gasteiger partial charge in [0, 0.05) is 6.54 Å². The molecule has 4 heteroatoms. The van der Waals surface area contributed by atoms with Crippen molar-refractivity contribution in [1.82, 2.24) is 5.32 Å². The molecule has 0 aliphatic heterocycles. The van der Waals surface area contributed by atoms with Crippen LogP contribution in [0.4, 0.5) is 0 Å². The Labute approximate surface area is 122 Å². The normalized spacial score (nSPS) is 11.7. The number of nitrogens with zero attached hydrogens (tertiary/aromatic N) is 1. The van der Waals surface area contributed by atoms with E-state index in [1.165, 1.54) is 0 Å². The zero-order valence-corrected chi connectivity index (χ0v) is 12.9. The second-order valence-corrected chi connectivity index (χ2v) is 5.31. The Morgan fingerprint density at radius 1 is 1.40 bits per heavy atom. The van der Waals surface area contributed by atoms with E-state index in [0.717, 1.165) is 37.3 Å². The Hall–Kier alpha value is -1.71. The first kappa shape index (κ1) is 16.3. The van der Waals surface area contributed by atoms with Crippen LogP contribution in [0.1, 0.15) is 39.2 Å². The molecule has 0 radical (unpaired) electrons. The molecule has 0 amide bonds. The lowest BCUT2D eigenvalue weighted by Gasteiger charge is -2.08. The van der Waals surface area contributed by atoms with E-state index in [4.69, 9.17) is 10.5 Å². The highest BCUT2D eigenvalue weighted by molar-refractivity contribution is 5.77. The van der Waals surface area contributed by atoms with Gasteiger partial charge in [0.2, 0.25) is 0 Å². The minimum absolute atomic E-state index is 0.505. The summed E-state index contributed by atoms with van der Waals surface area (Å²) in [5.41, 5.74) is 6.94. The maximum absolute atomic E-state index is 5.83. The quantitative estimate of drug-likeness (QED) is 0.567. The molecule has 0 saturated carbocycles. The summed E-state index contributed by atoms with van der Waals surface area (Å²) in [5, 5.41) is 3.13. The van der Waals surface area contributed by atoms with Crippen molar-refractivity contribution in [1.29, 1.82) is 0 Å². The average molecular weight is 277 g/mol. The molecule has 0 bridgehead atoms. The van der Waals surface area contributed by atoms with Crippen LogP contribution in [-0.4, -0.2) is 19.1 Å². The fourth-order valence-electron chi connectivity index (χ4n) is 1.67. The smallest absolute Gasteiger partial charge is 0.188 e. The van der Waals surface area contributed by atoms with E-state index < -0.39 is 0 Å². The number of hydrogen-bond donors (Lipinski definition) is 2. The largest absolute Gasteiger partial charge is 0.494 e. The van der Waals surface area contributed by atoms with E-state index in [9.17, 15) is 0 Å². The van der Waals surface area contributed by atoms with Crippen LogP contribution in [0.3, 0.4) is 0 Å². The van der Waals surface area contributed by atoms with Gasteiger partial charge in [-0.2, -0.15) is 0 Å². The molecule has 0 spiro atoms. The molecule has 3 N–H and O–H groups in total. The minimum Gasteiger partial charge on any atom is -0.494 e. The summed E-state index contributed by atoms with van der Waals surface area (Å²) in [6.07, 6.45) is 2.10. The van der Waals surface area contributed by atoms with Gasteiger partial charge in [0.25, 0.3) is 0 Å².